The summed E-state index contributed by atoms with van der Waals surface area (Å²) in [7, 11) is 0. The van der Waals surface area contributed by atoms with Crippen LogP contribution in [0.2, 0.25) is 0 Å². The molecular formula is C9H3Ir-. The minimum absolute atomic E-state index is 0. The predicted octanol–water partition coefficient (Wildman–Crippen LogP) is 0.604. The van der Waals surface area contributed by atoms with Crippen molar-refractivity contribution in [3.05, 3.63) is 6.42 Å². The van der Waals surface area contributed by atoms with Crippen LogP contribution in [-0.4, -0.2) is 0 Å². The second-order valence-corrected chi connectivity index (χ2v) is 1.00. The Morgan fingerprint density at radius 2 is 1.40 bits per heavy atom. The van der Waals surface area contributed by atoms with Crippen LogP contribution >= 0.6 is 0 Å². The molecule has 0 aliphatic rings. The average molecular weight is 303 g/mol. The van der Waals surface area contributed by atoms with E-state index in [4.69, 9.17) is 6.42 Å². The molecule has 0 spiro atoms. The van der Waals surface area contributed by atoms with Gasteiger partial charge in [0.05, 0.1) is 0 Å². The van der Waals surface area contributed by atoms with Gasteiger partial charge in [0, 0.05) is 20.1 Å². The van der Waals surface area contributed by atoms with E-state index < -0.39 is 0 Å². The fraction of sp³-hybridized carbons (Fsp3) is 0.111. The first-order valence-corrected chi connectivity index (χ1v) is 2.25. The van der Waals surface area contributed by atoms with Crippen LogP contribution < -0.4 is 0 Å². The zero-order valence-electron chi connectivity index (χ0n) is 5.33. The van der Waals surface area contributed by atoms with E-state index in [0.29, 0.717) is 0 Å². The van der Waals surface area contributed by atoms with Crippen molar-refractivity contribution in [2.45, 2.75) is 6.92 Å². The molecule has 0 aromatic heterocycles. The van der Waals surface area contributed by atoms with Crippen LogP contribution in [0.15, 0.2) is 0 Å². The molecule has 0 unspecified atom stereocenters. The van der Waals surface area contributed by atoms with Crippen molar-refractivity contribution >= 4 is 0 Å². The van der Waals surface area contributed by atoms with Gasteiger partial charge in [-0.3, -0.25) is 5.92 Å². The van der Waals surface area contributed by atoms with Crippen molar-refractivity contribution in [1.29, 1.82) is 0 Å². The van der Waals surface area contributed by atoms with Gasteiger partial charge in [-0.1, -0.05) is 5.92 Å². The first-order valence-electron chi connectivity index (χ1n) is 2.25. The van der Waals surface area contributed by atoms with E-state index >= 15 is 0 Å². The zero-order chi connectivity index (χ0) is 6.95. The summed E-state index contributed by atoms with van der Waals surface area (Å²) in [6, 6.07) is 0. The maximum atomic E-state index is 6.36. The number of hydrogen-bond donors (Lipinski definition) is 0. The number of hydrogen-bond acceptors (Lipinski definition) is 0. The van der Waals surface area contributed by atoms with Crippen molar-refractivity contribution in [2.24, 2.45) is 0 Å². The summed E-state index contributed by atoms with van der Waals surface area (Å²) in [6.07, 6.45) is 6.36. The second kappa shape index (κ2) is 10.8. The van der Waals surface area contributed by atoms with E-state index in [0.717, 1.165) is 0 Å². The van der Waals surface area contributed by atoms with Gasteiger partial charge in [-0.05, 0) is 24.7 Å². The Morgan fingerprint density at radius 1 is 0.900 bits per heavy atom. The first kappa shape index (κ1) is 11.7. The van der Waals surface area contributed by atoms with Gasteiger partial charge in [0.2, 0.25) is 0 Å². The molecular weight excluding hydrogens is 300 g/mol. The third-order valence-electron chi connectivity index (χ3n) is 0.438. The van der Waals surface area contributed by atoms with Crippen molar-refractivity contribution < 1.29 is 20.1 Å². The molecule has 0 saturated carbocycles. The molecule has 49 valence electrons. The summed E-state index contributed by atoms with van der Waals surface area (Å²) in [5, 5.41) is 0. The van der Waals surface area contributed by atoms with E-state index in [9.17, 15) is 0 Å². The molecule has 0 saturated heterocycles. The molecule has 0 nitrogen and oxygen atoms in total. The largest absolute Gasteiger partial charge is 0.358 e. The standard InChI is InChI=1S/C9H3.Ir/c1-3-5-7-9-8-6-4-2;/h1H3;/q-1;. The quantitative estimate of drug-likeness (QED) is 0.454. The molecule has 1 heteroatoms. The van der Waals surface area contributed by atoms with E-state index in [2.05, 4.69) is 35.5 Å². The topological polar surface area (TPSA) is 0 Å². The first-order chi connectivity index (χ1) is 4.41. The van der Waals surface area contributed by atoms with Gasteiger partial charge in [0.15, 0.2) is 0 Å². The molecule has 0 fully saturated rings. The minimum atomic E-state index is 0. The number of rotatable bonds is 0. The summed E-state index contributed by atoms with van der Waals surface area (Å²) >= 11 is 0. The third-order valence-corrected chi connectivity index (χ3v) is 0.438. The fourth-order valence-electron chi connectivity index (χ4n) is 0.188. The van der Waals surface area contributed by atoms with Crippen molar-refractivity contribution in [3.8, 4) is 41.4 Å². The molecule has 0 heterocycles. The van der Waals surface area contributed by atoms with Crippen LogP contribution in [0.4, 0.5) is 0 Å². The minimum Gasteiger partial charge on any atom is -0.358 e. The third kappa shape index (κ3) is 10.00. The van der Waals surface area contributed by atoms with Gasteiger partial charge < -0.3 is 6.42 Å². The van der Waals surface area contributed by atoms with Gasteiger partial charge in [-0.2, -0.15) is 0 Å². The van der Waals surface area contributed by atoms with Crippen molar-refractivity contribution in [1.82, 2.24) is 0 Å². The molecule has 0 aromatic carbocycles. The molecule has 0 atom stereocenters. The Kier molecular flexibility index (Phi) is 12.6. The van der Waals surface area contributed by atoms with E-state index in [1.54, 1.807) is 6.92 Å². The summed E-state index contributed by atoms with van der Waals surface area (Å²) in [6.45, 7) is 1.70. The molecule has 10 heavy (non-hydrogen) atoms. The molecule has 1 radical (unpaired) electrons. The van der Waals surface area contributed by atoms with Gasteiger partial charge >= 0.3 is 0 Å². The van der Waals surface area contributed by atoms with Gasteiger partial charge in [-0.25, -0.2) is 5.92 Å². The van der Waals surface area contributed by atoms with Crippen LogP contribution in [0.3, 0.4) is 0 Å². The van der Waals surface area contributed by atoms with Crippen LogP contribution in [0.5, 0.6) is 0 Å². The average Bonchev–Trinajstić information content (AvgIpc) is 1.89. The molecule has 0 rings (SSSR count). The van der Waals surface area contributed by atoms with Gasteiger partial charge in [-0.15, -0.1) is 5.92 Å². The Labute approximate surface area is 75.1 Å². The van der Waals surface area contributed by atoms with Gasteiger partial charge in [0.25, 0.3) is 0 Å². The predicted molar refractivity (Wildman–Crippen MR) is 36.1 cm³/mol. The second-order valence-electron chi connectivity index (χ2n) is 1.00. The summed E-state index contributed by atoms with van der Waals surface area (Å²) < 4.78 is 0. The van der Waals surface area contributed by atoms with E-state index in [1.807, 2.05) is 5.92 Å². The zero-order valence-corrected chi connectivity index (χ0v) is 7.73. The molecule has 0 aliphatic heterocycles. The molecule has 0 aliphatic carbocycles. The van der Waals surface area contributed by atoms with Crippen LogP contribution in [0.1, 0.15) is 6.92 Å². The SMILES string of the molecule is [C-]#CC#CC#CC#CC.[Ir]. The normalized spacial score (nSPS) is 3.20. The molecule has 0 amide bonds. The summed E-state index contributed by atoms with van der Waals surface area (Å²) in [5.41, 5.74) is 0. The van der Waals surface area contributed by atoms with E-state index in [-0.39, 0.29) is 20.1 Å². The van der Waals surface area contributed by atoms with Crippen LogP contribution in [0.25, 0.3) is 0 Å². The Balaban J connectivity index is 0. The maximum Gasteiger partial charge on any atom is 0 e. The Morgan fingerprint density at radius 3 is 1.90 bits per heavy atom. The fourth-order valence-corrected chi connectivity index (χ4v) is 0.188. The van der Waals surface area contributed by atoms with Crippen LogP contribution in [0, 0.1) is 47.9 Å². The van der Waals surface area contributed by atoms with Gasteiger partial charge in [0.1, 0.15) is 0 Å². The van der Waals surface area contributed by atoms with Crippen molar-refractivity contribution in [2.75, 3.05) is 0 Å². The van der Waals surface area contributed by atoms with Crippen molar-refractivity contribution in [3.63, 3.8) is 0 Å². The van der Waals surface area contributed by atoms with E-state index in [1.165, 1.54) is 0 Å². The smallest absolute Gasteiger partial charge is 0 e. The summed E-state index contributed by atoms with van der Waals surface area (Å²) in [5.74, 6) is 16.4. The molecule has 0 bridgehead atoms. The Hall–Kier alpha value is -1.11. The molecule has 0 N–H and O–H groups in total. The Bertz CT molecular complexity index is 285. The van der Waals surface area contributed by atoms with Crippen LogP contribution in [-0.2, 0) is 20.1 Å². The monoisotopic (exact) mass is 304 g/mol. The maximum absolute atomic E-state index is 6.36. The summed E-state index contributed by atoms with van der Waals surface area (Å²) in [4.78, 5) is 0. The molecule has 0 aromatic rings.